The van der Waals surface area contributed by atoms with Crippen LogP contribution in [-0.4, -0.2) is 40.9 Å². The number of carbonyl (C=O) groups is 1. The summed E-state index contributed by atoms with van der Waals surface area (Å²) in [7, 11) is 1.27. The zero-order valence-electron chi connectivity index (χ0n) is 11.0. The zero-order valence-corrected chi connectivity index (χ0v) is 13.4. The van der Waals surface area contributed by atoms with Crippen molar-refractivity contribution in [1.29, 1.82) is 0 Å². The summed E-state index contributed by atoms with van der Waals surface area (Å²) in [6.45, 7) is 2.61. The molecule has 1 N–H and O–H groups in total. The van der Waals surface area contributed by atoms with Gasteiger partial charge in [-0.1, -0.05) is 6.92 Å². The summed E-state index contributed by atoms with van der Waals surface area (Å²) in [5, 5.41) is 7.49. The molecule has 0 fully saturated rings. The van der Waals surface area contributed by atoms with E-state index in [-0.39, 0.29) is 12.1 Å². The summed E-state index contributed by atoms with van der Waals surface area (Å²) in [6.07, 6.45) is 3.54. The molecule has 1 rings (SSSR count). The summed E-state index contributed by atoms with van der Waals surface area (Å²) in [6, 6.07) is 0. The van der Waals surface area contributed by atoms with Crippen molar-refractivity contribution in [2.75, 3.05) is 25.2 Å². The molecule has 1 aromatic heterocycles. The van der Waals surface area contributed by atoms with E-state index in [9.17, 15) is 9.59 Å². The Balaban J connectivity index is 2.85. The van der Waals surface area contributed by atoms with Gasteiger partial charge in [-0.2, -0.15) is 16.9 Å². The van der Waals surface area contributed by atoms with Gasteiger partial charge in [0.2, 0.25) is 0 Å². The number of esters is 1. The number of aromatic nitrogens is 2. The molecule has 0 bridgehead atoms. The lowest BCUT2D eigenvalue weighted by Gasteiger charge is -2.12. The minimum absolute atomic E-state index is 0.199. The average molecular weight is 350 g/mol. The van der Waals surface area contributed by atoms with Crippen molar-refractivity contribution < 1.29 is 9.53 Å². The van der Waals surface area contributed by atoms with Crippen molar-refractivity contribution in [2.24, 2.45) is 0 Å². The lowest BCUT2D eigenvalue weighted by molar-refractivity contribution is -0.141. The van der Waals surface area contributed by atoms with E-state index in [0.29, 0.717) is 15.4 Å². The first kappa shape index (κ1) is 16.0. The van der Waals surface area contributed by atoms with Crippen LogP contribution in [0.2, 0.25) is 0 Å². The Kier molecular flexibility index (Phi) is 6.36. The van der Waals surface area contributed by atoms with Gasteiger partial charge in [-0.3, -0.25) is 9.59 Å². The molecule has 0 saturated heterocycles. The van der Waals surface area contributed by atoms with Crippen LogP contribution in [0.1, 0.15) is 6.92 Å². The van der Waals surface area contributed by atoms with Gasteiger partial charge in [0.15, 0.2) is 0 Å². The number of ether oxygens (including phenoxy) is 1. The second-order valence-corrected chi connectivity index (χ2v) is 5.91. The number of nitrogens with zero attached hydrogens (tertiary/aromatic N) is 2. The highest BCUT2D eigenvalue weighted by atomic mass is 79.9. The number of hydrogen-bond donors (Lipinski definition) is 1. The number of hydrogen-bond acceptors (Lipinski definition) is 6. The van der Waals surface area contributed by atoms with Gasteiger partial charge in [0.1, 0.15) is 11.0 Å². The van der Waals surface area contributed by atoms with E-state index in [1.54, 1.807) is 11.8 Å². The van der Waals surface area contributed by atoms with Gasteiger partial charge < -0.3 is 10.1 Å². The van der Waals surface area contributed by atoms with Crippen molar-refractivity contribution in [3.63, 3.8) is 0 Å². The molecule has 0 aliphatic carbocycles. The van der Waals surface area contributed by atoms with E-state index < -0.39 is 5.97 Å². The van der Waals surface area contributed by atoms with Crippen LogP contribution in [0.15, 0.2) is 15.5 Å². The number of nitrogens with one attached hydrogen (secondary N) is 1. The quantitative estimate of drug-likeness (QED) is 0.781. The predicted octanol–water partition coefficient (Wildman–Crippen LogP) is 1.34. The zero-order chi connectivity index (χ0) is 14.4. The van der Waals surface area contributed by atoms with Crippen molar-refractivity contribution in [1.82, 2.24) is 9.78 Å². The first-order valence-electron chi connectivity index (χ1n) is 5.58. The Morgan fingerprint density at radius 1 is 1.68 bits per heavy atom. The van der Waals surface area contributed by atoms with Crippen molar-refractivity contribution >= 4 is 39.3 Å². The smallest absolute Gasteiger partial charge is 0.327 e. The predicted molar refractivity (Wildman–Crippen MR) is 79.7 cm³/mol. The maximum atomic E-state index is 12.0. The van der Waals surface area contributed by atoms with E-state index in [1.807, 2.05) is 6.26 Å². The van der Waals surface area contributed by atoms with Crippen molar-refractivity contribution in [2.45, 2.75) is 18.7 Å². The van der Waals surface area contributed by atoms with Gasteiger partial charge in [-0.15, -0.1) is 0 Å². The Labute approximate surface area is 124 Å². The summed E-state index contributed by atoms with van der Waals surface area (Å²) in [5.74, 6) is -0.516. The summed E-state index contributed by atoms with van der Waals surface area (Å²) >= 11 is 4.95. The first-order valence-corrected chi connectivity index (χ1v) is 7.66. The Bertz CT molecular complexity index is 506. The summed E-state index contributed by atoms with van der Waals surface area (Å²) in [4.78, 5) is 23.1. The molecular formula is C11H16BrN3O3S. The van der Waals surface area contributed by atoms with Crippen LogP contribution >= 0.6 is 27.7 Å². The number of halogens is 1. The van der Waals surface area contributed by atoms with Crippen molar-refractivity contribution in [3.8, 4) is 0 Å². The monoisotopic (exact) mass is 349 g/mol. The van der Waals surface area contributed by atoms with Crippen LogP contribution in [0.4, 0.5) is 5.69 Å². The van der Waals surface area contributed by atoms with Crippen LogP contribution in [0.25, 0.3) is 0 Å². The Morgan fingerprint density at radius 2 is 2.37 bits per heavy atom. The third-order valence-corrected chi connectivity index (χ3v) is 4.21. The fraction of sp³-hybridized carbons (Fsp3) is 0.545. The molecule has 1 heterocycles. The summed E-state index contributed by atoms with van der Waals surface area (Å²) in [5.41, 5.74) is 0.249. The molecule has 106 valence electrons. The summed E-state index contributed by atoms with van der Waals surface area (Å²) < 4.78 is 5.92. The highest BCUT2D eigenvalue weighted by molar-refractivity contribution is 9.10. The van der Waals surface area contributed by atoms with Gasteiger partial charge in [-0.05, 0) is 22.2 Å². The van der Waals surface area contributed by atoms with Crippen LogP contribution in [0.5, 0.6) is 0 Å². The number of carbonyl (C=O) groups excluding carboxylic acids is 1. The number of thioether (sulfide) groups is 1. The molecule has 0 amide bonds. The molecule has 0 aromatic carbocycles. The highest BCUT2D eigenvalue weighted by Gasteiger charge is 2.12. The van der Waals surface area contributed by atoms with E-state index in [0.717, 1.165) is 11.2 Å². The normalized spacial score (nSPS) is 12.0. The largest absolute Gasteiger partial charge is 0.468 e. The second-order valence-electron chi connectivity index (χ2n) is 3.84. The number of anilines is 1. The third-order valence-electron chi connectivity index (χ3n) is 2.47. The molecule has 6 nitrogen and oxygen atoms in total. The Hall–Kier alpha value is -1.02. The van der Waals surface area contributed by atoms with Gasteiger partial charge in [0, 0.05) is 11.8 Å². The molecular weight excluding hydrogens is 334 g/mol. The lowest BCUT2D eigenvalue weighted by atomic mass is 10.4. The van der Waals surface area contributed by atoms with Crippen LogP contribution in [0, 0.1) is 0 Å². The lowest BCUT2D eigenvalue weighted by Crippen LogP contribution is -2.28. The highest BCUT2D eigenvalue weighted by Crippen LogP contribution is 2.17. The molecule has 0 saturated carbocycles. The SMILES string of the molecule is COC(=O)Cn1ncc(NCC(C)SC)c(Br)c1=O. The first-order chi connectivity index (χ1) is 8.99. The van der Waals surface area contributed by atoms with Gasteiger partial charge in [-0.25, -0.2) is 4.68 Å². The minimum Gasteiger partial charge on any atom is -0.468 e. The molecule has 19 heavy (non-hydrogen) atoms. The average Bonchev–Trinajstić information content (AvgIpc) is 2.42. The standard InChI is InChI=1S/C11H16BrN3O3S/c1-7(19-3)4-13-8-5-14-15(6-9(16)18-2)11(17)10(8)12/h5,7,13H,4,6H2,1-3H3. The maximum Gasteiger partial charge on any atom is 0.327 e. The third kappa shape index (κ3) is 4.54. The molecule has 8 heteroatoms. The van der Waals surface area contributed by atoms with Gasteiger partial charge >= 0.3 is 5.97 Å². The fourth-order valence-corrected chi connectivity index (χ4v) is 1.92. The number of methoxy groups -OCH3 is 1. The van der Waals surface area contributed by atoms with E-state index in [1.165, 1.54) is 13.3 Å². The van der Waals surface area contributed by atoms with Gasteiger partial charge in [0.25, 0.3) is 5.56 Å². The van der Waals surface area contributed by atoms with E-state index >= 15 is 0 Å². The maximum absolute atomic E-state index is 12.0. The molecule has 0 spiro atoms. The van der Waals surface area contributed by atoms with E-state index in [2.05, 4.69) is 38.0 Å². The van der Waals surface area contributed by atoms with Crippen molar-refractivity contribution in [3.05, 3.63) is 21.0 Å². The van der Waals surface area contributed by atoms with Gasteiger partial charge in [0.05, 0.1) is 19.0 Å². The molecule has 0 aliphatic rings. The van der Waals surface area contributed by atoms with E-state index in [4.69, 9.17) is 0 Å². The Morgan fingerprint density at radius 3 is 2.95 bits per heavy atom. The van der Waals surface area contributed by atoms with Crippen LogP contribution in [-0.2, 0) is 16.1 Å². The fourth-order valence-electron chi connectivity index (χ4n) is 1.22. The minimum atomic E-state index is -0.516. The molecule has 1 unspecified atom stereocenters. The number of rotatable bonds is 6. The topological polar surface area (TPSA) is 73.2 Å². The van der Waals surface area contributed by atoms with Crippen LogP contribution < -0.4 is 10.9 Å². The molecule has 1 aromatic rings. The second kappa shape index (κ2) is 7.54. The molecule has 0 aliphatic heterocycles. The molecule has 1 atom stereocenters. The molecule has 0 radical (unpaired) electrons. The van der Waals surface area contributed by atoms with Crippen LogP contribution in [0.3, 0.4) is 0 Å².